The minimum Gasteiger partial charge on any atom is -0.497 e. The van der Waals surface area contributed by atoms with Gasteiger partial charge in [0, 0.05) is 29.3 Å². The highest BCUT2D eigenvalue weighted by atomic mass is 16.6. The van der Waals surface area contributed by atoms with E-state index in [1.165, 1.54) is 32.6 Å². The third kappa shape index (κ3) is 4.78. The van der Waals surface area contributed by atoms with Crippen LogP contribution in [0, 0.1) is 10.1 Å². The lowest BCUT2D eigenvalue weighted by molar-refractivity contribution is -0.384. The van der Waals surface area contributed by atoms with Crippen molar-refractivity contribution in [3.05, 3.63) is 76.0 Å². The standard InChI is InChI=1S/C20H17N3O6/c1-27-17-9-14(10-18(11-17)28-2)20(24)22-21-12-16-6-7-19(29-16)13-4-3-5-15(8-13)23(25)26/h3-12H,1-2H3,(H,22,24). The van der Waals surface area contributed by atoms with Gasteiger partial charge in [-0.25, -0.2) is 5.43 Å². The first-order chi connectivity index (χ1) is 14.0. The normalized spacial score (nSPS) is 10.7. The highest BCUT2D eigenvalue weighted by Crippen LogP contribution is 2.25. The van der Waals surface area contributed by atoms with E-state index in [0.29, 0.717) is 34.1 Å². The second-order valence-corrected chi connectivity index (χ2v) is 5.81. The van der Waals surface area contributed by atoms with Gasteiger partial charge in [0.15, 0.2) is 0 Å². The van der Waals surface area contributed by atoms with Crippen molar-refractivity contribution in [3.8, 4) is 22.8 Å². The first kappa shape index (κ1) is 19.6. The predicted octanol–water partition coefficient (Wildman–Crippen LogP) is 3.64. The zero-order valence-electron chi connectivity index (χ0n) is 15.6. The fourth-order valence-electron chi connectivity index (χ4n) is 2.51. The number of hydrogen-bond donors (Lipinski definition) is 1. The molecule has 0 aliphatic carbocycles. The quantitative estimate of drug-likeness (QED) is 0.371. The Morgan fingerprint density at radius 3 is 2.48 bits per heavy atom. The molecule has 0 aliphatic heterocycles. The van der Waals surface area contributed by atoms with Crippen molar-refractivity contribution in [3.63, 3.8) is 0 Å². The summed E-state index contributed by atoms with van der Waals surface area (Å²) in [5, 5.41) is 14.8. The lowest BCUT2D eigenvalue weighted by atomic mass is 10.1. The number of ether oxygens (including phenoxy) is 2. The van der Waals surface area contributed by atoms with E-state index in [1.54, 1.807) is 42.5 Å². The van der Waals surface area contributed by atoms with Crippen LogP contribution in [0.25, 0.3) is 11.3 Å². The number of hydrogen-bond acceptors (Lipinski definition) is 7. The molecule has 0 spiro atoms. The topological polar surface area (TPSA) is 116 Å². The smallest absolute Gasteiger partial charge is 0.271 e. The van der Waals surface area contributed by atoms with Crippen LogP contribution in [-0.4, -0.2) is 31.3 Å². The Morgan fingerprint density at radius 2 is 1.83 bits per heavy atom. The largest absolute Gasteiger partial charge is 0.497 e. The van der Waals surface area contributed by atoms with Gasteiger partial charge in [0.2, 0.25) is 0 Å². The van der Waals surface area contributed by atoms with E-state index >= 15 is 0 Å². The zero-order chi connectivity index (χ0) is 20.8. The first-order valence-electron chi connectivity index (χ1n) is 8.41. The van der Waals surface area contributed by atoms with E-state index in [4.69, 9.17) is 13.9 Å². The number of methoxy groups -OCH3 is 2. The predicted molar refractivity (Wildman–Crippen MR) is 105 cm³/mol. The van der Waals surface area contributed by atoms with Crippen LogP contribution in [0.2, 0.25) is 0 Å². The van der Waals surface area contributed by atoms with Gasteiger partial charge in [-0.1, -0.05) is 12.1 Å². The van der Waals surface area contributed by atoms with E-state index in [9.17, 15) is 14.9 Å². The van der Waals surface area contributed by atoms with Gasteiger partial charge in [-0.3, -0.25) is 14.9 Å². The number of non-ortho nitro benzene ring substituents is 1. The summed E-state index contributed by atoms with van der Waals surface area (Å²) >= 11 is 0. The first-order valence-corrected chi connectivity index (χ1v) is 8.41. The molecule has 148 valence electrons. The zero-order valence-corrected chi connectivity index (χ0v) is 15.6. The molecule has 0 bridgehead atoms. The van der Waals surface area contributed by atoms with E-state index in [0.717, 1.165) is 0 Å². The van der Waals surface area contributed by atoms with E-state index < -0.39 is 10.8 Å². The minimum atomic E-state index is -0.474. The van der Waals surface area contributed by atoms with Crippen molar-refractivity contribution in [2.24, 2.45) is 5.10 Å². The van der Waals surface area contributed by atoms with Gasteiger partial charge in [-0.05, 0) is 24.3 Å². The summed E-state index contributed by atoms with van der Waals surface area (Å²) in [5.41, 5.74) is 3.24. The number of nitrogens with one attached hydrogen (secondary N) is 1. The molecule has 9 nitrogen and oxygen atoms in total. The molecule has 3 aromatic rings. The number of furan rings is 1. The second-order valence-electron chi connectivity index (χ2n) is 5.81. The van der Waals surface area contributed by atoms with Gasteiger partial charge in [0.1, 0.15) is 23.0 Å². The number of benzene rings is 2. The molecule has 0 aliphatic rings. The van der Waals surface area contributed by atoms with E-state index in [-0.39, 0.29) is 5.69 Å². The summed E-state index contributed by atoms with van der Waals surface area (Å²) in [7, 11) is 2.98. The summed E-state index contributed by atoms with van der Waals surface area (Å²) in [4.78, 5) is 22.7. The van der Waals surface area contributed by atoms with Gasteiger partial charge in [-0.15, -0.1) is 0 Å². The molecule has 0 saturated carbocycles. The van der Waals surface area contributed by atoms with Gasteiger partial charge < -0.3 is 13.9 Å². The highest BCUT2D eigenvalue weighted by molar-refractivity contribution is 5.95. The van der Waals surface area contributed by atoms with Crippen LogP contribution in [0.5, 0.6) is 11.5 Å². The van der Waals surface area contributed by atoms with Gasteiger partial charge in [0.05, 0.1) is 25.4 Å². The van der Waals surface area contributed by atoms with Crippen molar-refractivity contribution in [1.82, 2.24) is 5.43 Å². The molecule has 0 saturated heterocycles. The lowest BCUT2D eigenvalue weighted by Crippen LogP contribution is -2.17. The molecule has 29 heavy (non-hydrogen) atoms. The molecule has 0 radical (unpaired) electrons. The maximum absolute atomic E-state index is 12.3. The Hall–Kier alpha value is -4.14. The summed E-state index contributed by atoms with van der Waals surface area (Å²) in [6.45, 7) is 0. The van der Waals surface area contributed by atoms with Crippen LogP contribution in [0.15, 0.2) is 64.1 Å². The molecular formula is C20H17N3O6. The molecule has 9 heteroatoms. The Morgan fingerprint density at radius 1 is 1.10 bits per heavy atom. The average molecular weight is 395 g/mol. The fraction of sp³-hybridized carbons (Fsp3) is 0.100. The van der Waals surface area contributed by atoms with Gasteiger partial charge in [-0.2, -0.15) is 5.10 Å². The van der Waals surface area contributed by atoms with E-state index in [2.05, 4.69) is 10.5 Å². The van der Waals surface area contributed by atoms with Crippen molar-refractivity contribution in [2.45, 2.75) is 0 Å². The molecule has 1 N–H and O–H groups in total. The van der Waals surface area contributed by atoms with Crippen LogP contribution in [0.3, 0.4) is 0 Å². The number of rotatable bonds is 7. The van der Waals surface area contributed by atoms with Gasteiger partial charge in [0.25, 0.3) is 11.6 Å². The maximum Gasteiger partial charge on any atom is 0.271 e. The number of amides is 1. The van der Waals surface area contributed by atoms with Crippen LogP contribution in [-0.2, 0) is 0 Å². The number of nitro benzene ring substituents is 1. The summed E-state index contributed by atoms with van der Waals surface area (Å²) in [6.07, 6.45) is 1.33. The summed E-state index contributed by atoms with van der Waals surface area (Å²) in [6, 6.07) is 14.2. The number of carbonyl (C=O) groups excluding carboxylic acids is 1. The molecule has 1 amide bonds. The molecule has 2 aromatic carbocycles. The third-order valence-corrected chi connectivity index (χ3v) is 3.94. The monoisotopic (exact) mass is 395 g/mol. The van der Waals surface area contributed by atoms with Crippen LogP contribution < -0.4 is 14.9 Å². The number of hydrazone groups is 1. The molecule has 0 unspecified atom stereocenters. The number of nitro groups is 1. The second kappa shape index (κ2) is 8.70. The SMILES string of the molecule is COc1cc(OC)cc(C(=O)NN=Cc2ccc(-c3cccc([N+](=O)[O-])c3)o2)c1. The lowest BCUT2D eigenvalue weighted by Gasteiger charge is -2.07. The van der Waals surface area contributed by atoms with Crippen LogP contribution >= 0.6 is 0 Å². The number of carbonyl (C=O) groups is 1. The molecule has 1 heterocycles. The third-order valence-electron chi connectivity index (χ3n) is 3.94. The Kier molecular flexibility index (Phi) is 5.88. The molecule has 0 fully saturated rings. The van der Waals surface area contributed by atoms with E-state index in [1.807, 2.05) is 0 Å². The Labute approximate surface area is 165 Å². The van der Waals surface area contributed by atoms with Crippen molar-refractivity contribution in [2.75, 3.05) is 14.2 Å². The molecule has 1 aromatic heterocycles. The molecular weight excluding hydrogens is 378 g/mol. The summed E-state index contributed by atoms with van der Waals surface area (Å²) < 4.78 is 15.9. The van der Waals surface area contributed by atoms with Crippen molar-refractivity contribution >= 4 is 17.8 Å². The number of nitrogens with zero attached hydrogens (tertiary/aromatic N) is 2. The Balaban J connectivity index is 1.69. The van der Waals surface area contributed by atoms with Gasteiger partial charge >= 0.3 is 0 Å². The fourth-order valence-corrected chi connectivity index (χ4v) is 2.51. The molecule has 0 atom stereocenters. The van der Waals surface area contributed by atoms with Crippen molar-refractivity contribution in [1.29, 1.82) is 0 Å². The average Bonchev–Trinajstić information content (AvgIpc) is 3.22. The van der Waals surface area contributed by atoms with Crippen LogP contribution in [0.1, 0.15) is 16.1 Å². The maximum atomic E-state index is 12.3. The molecule has 3 rings (SSSR count). The summed E-state index contributed by atoms with van der Waals surface area (Å²) in [5.74, 6) is 1.31. The van der Waals surface area contributed by atoms with Crippen LogP contribution in [0.4, 0.5) is 5.69 Å². The minimum absolute atomic E-state index is 0.0323. The Bertz CT molecular complexity index is 1050. The highest BCUT2D eigenvalue weighted by Gasteiger charge is 2.11. The van der Waals surface area contributed by atoms with Crippen molar-refractivity contribution < 1.29 is 23.6 Å².